The van der Waals surface area contributed by atoms with E-state index >= 15 is 0 Å². The number of rotatable bonds is 2. The van der Waals surface area contributed by atoms with Crippen LogP contribution in [0.2, 0.25) is 0 Å². The van der Waals surface area contributed by atoms with Gasteiger partial charge in [0.25, 0.3) is 0 Å². The molecule has 3 rings (SSSR count). The average Bonchev–Trinajstić information content (AvgIpc) is 2.53. The standard InChI is InChI=1S/C18H22N2O.ClH/c1-13-12-19-9-10-20(13)18(21)14(2)16-8-7-15-5-3-4-6-17(15)11-16;/h3-8,11,13-14,19H,9-10,12H2,1-2H3;1H/t13-,14?;/m0./s1. The van der Waals surface area contributed by atoms with Gasteiger partial charge < -0.3 is 10.2 Å². The van der Waals surface area contributed by atoms with Crippen molar-refractivity contribution in [1.29, 1.82) is 0 Å². The van der Waals surface area contributed by atoms with Crippen molar-refractivity contribution in [1.82, 2.24) is 10.2 Å². The van der Waals surface area contributed by atoms with Gasteiger partial charge in [0.15, 0.2) is 0 Å². The minimum absolute atomic E-state index is 0. The molecule has 0 radical (unpaired) electrons. The summed E-state index contributed by atoms with van der Waals surface area (Å²) in [4.78, 5) is 14.8. The van der Waals surface area contributed by atoms with Gasteiger partial charge in [0, 0.05) is 25.7 Å². The average molecular weight is 319 g/mol. The molecule has 1 unspecified atom stereocenters. The lowest BCUT2D eigenvalue weighted by atomic mass is 9.96. The van der Waals surface area contributed by atoms with Crippen LogP contribution >= 0.6 is 12.4 Å². The van der Waals surface area contributed by atoms with Gasteiger partial charge in [-0.1, -0.05) is 42.5 Å². The zero-order chi connectivity index (χ0) is 14.8. The number of benzene rings is 2. The third-order valence-corrected chi connectivity index (χ3v) is 4.43. The molecule has 22 heavy (non-hydrogen) atoms. The fourth-order valence-electron chi connectivity index (χ4n) is 3.04. The first kappa shape index (κ1) is 16.8. The Morgan fingerprint density at radius 1 is 1.23 bits per heavy atom. The Hall–Kier alpha value is -1.58. The van der Waals surface area contributed by atoms with E-state index in [0.29, 0.717) is 0 Å². The molecule has 2 atom stereocenters. The summed E-state index contributed by atoms with van der Waals surface area (Å²) in [7, 11) is 0. The molecule has 3 nitrogen and oxygen atoms in total. The highest BCUT2D eigenvalue weighted by molar-refractivity contribution is 5.87. The summed E-state index contributed by atoms with van der Waals surface area (Å²) in [5, 5.41) is 5.74. The molecule has 1 amide bonds. The van der Waals surface area contributed by atoms with Crippen LogP contribution in [0.4, 0.5) is 0 Å². The van der Waals surface area contributed by atoms with E-state index in [1.165, 1.54) is 10.8 Å². The molecule has 0 bridgehead atoms. The highest BCUT2D eigenvalue weighted by atomic mass is 35.5. The van der Waals surface area contributed by atoms with Gasteiger partial charge in [0.2, 0.25) is 5.91 Å². The highest BCUT2D eigenvalue weighted by Crippen LogP contribution is 2.24. The van der Waals surface area contributed by atoms with E-state index in [1.54, 1.807) is 0 Å². The molecule has 118 valence electrons. The van der Waals surface area contributed by atoms with Crippen molar-refractivity contribution in [3.8, 4) is 0 Å². The summed E-state index contributed by atoms with van der Waals surface area (Å²) in [6.45, 7) is 6.70. The number of halogens is 1. The molecule has 0 aromatic heterocycles. The largest absolute Gasteiger partial charge is 0.337 e. The maximum absolute atomic E-state index is 12.7. The summed E-state index contributed by atoms with van der Waals surface area (Å²) >= 11 is 0. The van der Waals surface area contributed by atoms with Crippen LogP contribution in [0.1, 0.15) is 25.3 Å². The predicted molar refractivity (Wildman–Crippen MR) is 93.7 cm³/mol. The number of piperazine rings is 1. The second-order valence-corrected chi connectivity index (χ2v) is 5.91. The molecular weight excluding hydrogens is 296 g/mol. The molecule has 0 saturated carbocycles. The Morgan fingerprint density at radius 2 is 1.95 bits per heavy atom. The molecule has 1 aliphatic heterocycles. The number of carbonyl (C=O) groups excluding carboxylic acids is 1. The van der Waals surface area contributed by atoms with Crippen LogP contribution in [-0.2, 0) is 4.79 Å². The second kappa shape index (κ2) is 7.12. The van der Waals surface area contributed by atoms with Crippen molar-refractivity contribution in [2.75, 3.05) is 19.6 Å². The number of fused-ring (bicyclic) bond motifs is 1. The molecule has 1 saturated heterocycles. The second-order valence-electron chi connectivity index (χ2n) is 5.91. The van der Waals surface area contributed by atoms with Gasteiger partial charge in [-0.3, -0.25) is 4.79 Å². The van der Waals surface area contributed by atoms with Crippen LogP contribution < -0.4 is 5.32 Å². The molecule has 1 heterocycles. The van der Waals surface area contributed by atoms with E-state index in [9.17, 15) is 4.79 Å². The first-order valence-electron chi connectivity index (χ1n) is 7.66. The number of nitrogens with zero attached hydrogens (tertiary/aromatic N) is 1. The molecule has 1 fully saturated rings. The van der Waals surface area contributed by atoms with E-state index < -0.39 is 0 Å². The third kappa shape index (κ3) is 3.26. The number of amides is 1. The van der Waals surface area contributed by atoms with E-state index in [-0.39, 0.29) is 30.3 Å². The summed E-state index contributed by atoms with van der Waals surface area (Å²) in [5.74, 6) is 0.148. The molecule has 1 N–H and O–H groups in total. The van der Waals surface area contributed by atoms with Crippen molar-refractivity contribution in [2.24, 2.45) is 0 Å². The Bertz CT molecular complexity index is 658. The summed E-state index contributed by atoms with van der Waals surface area (Å²) < 4.78 is 0. The Balaban J connectivity index is 0.00000176. The van der Waals surface area contributed by atoms with Crippen LogP contribution in [-0.4, -0.2) is 36.5 Å². The topological polar surface area (TPSA) is 32.3 Å². The van der Waals surface area contributed by atoms with Crippen molar-refractivity contribution >= 4 is 29.1 Å². The predicted octanol–water partition coefficient (Wildman–Crippen LogP) is 3.19. The first-order valence-corrected chi connectivity index (χ1v) is 7.66. The van der Waals surface area contributed by atoms with Gasteiger partial charge in [-0.15, -0.1) is 12.4 Å². The SMILES string of the molecule is CC(C(=O)N1CCNC[C@@H]1C)c1ccc2ccccc2c1.Cl. The molecule has 0 spiro atoms. The molecular formula is C18H23ClN2O. The first-order chi connectivity index (χ1) is 10.2. The fourth-order valence-corrected chi connectivity index (χ4v) is 3.04. The number of hydrogen-bond acceptors (Lipinski definition) is 2. The van der Waals surface area contributed by atoms with E-state index in [1.807, 2.05) is 24.0 Å². The van der Waals surface area contributed by atoms with E-state index in [0.717, 1.165) is 25.2 Å². The number of carbonyl (C=O) groups is 1. The van der Waals surface area contributed by atoms with Gasteiger partial charge in [-0.05, 0) is 30.2 Å². The normalized spacial score (nSPS) is 19.5. The van der Waals surface area contributed by atoms with Crippen LogP contribution in [0.3, 0.4) is 0 Å². The maximum Gasteiger partial charge on any atom is 0.230 e. The minimum atomic E-state index is -0.0878. The lowest BCUT2D eigenvalue weighted by Crippen LogP contribution is -2.53. The lowest BCUT2D eigenvalue weighted by molar-refractivity contribution is -0.135. The van der Waals surface area contributed by atoms with E-state index in [4.69, 9.17) is 0 Å². The maximum atomic E-state index is 12.7. The summed E-state index contributed by atoms with van der Waals surface area (Å²) in [6, 6.07) is 14.9. The smallest absolute Gasteiger partial charge is 0.230 e. The van der Waals surface area contributed by atoms with Crippen LogP contribution in [0.15, 0.2) is 42.5 Å². The van der Waals surface area contributed by atoms with E-state index in [2.05, 4.69) is 42.6 Å². The monoisotopic (exact) mass is 318 g/mol. The zero-order valence-electron chi connectivity index (χ0n) is 13.1. The molecule has 2 aromatic carbocycles. The van der Waals surface area contributed by atoms with Crippen molar-refractivity contribution < 1.29 is 4.79 Å². The quantitative estimate of drug-likeness (QED) is 0.922. The van der Waals surface area contributed by atoms with Crippen molar-refractivity contribution in [2.45, 2.75) is 25.8 Å². The van der Waals surface area contributed by atoms with Gasteiger partial charge in [-0.2, -0.15) is 0 Å². The molecule has 2 aromatic rings. The number of hydrogen-bond donors (Lipinski definition) is 1. The van der Waals surface area contributed by atoms with Crippen molar-refractivity contribution in [3.05, 3.63) is 48.0 Å². The van der Waals surface area contributed by atoms with Crippen molar-refractivity contribution in [3.63, 3.8) is 0 Å². The fraction of sp³-hybridized carbons (Fsp3) is 0.389. The van der Waals surface area contributed by atoms with Crippen LogP contribution in [0, 0.1) is 0 Å². The zero-order valence-corrected chi connectivity index (χ0v) is 13.9. The lowest BCUT2D eigenvalue weighted by Gasteiger charge is -2.35. The van der Waals surface area contributed by atoms with Crippen LogP contribution in [0.5, 0.6) is 0 Å². The molecule has 4 heteroatoms. The van der Waals surface area contributed by atoms with Crippen LogP contribution in [0.25, 0.3) is 10.8 Å². The summed E-state index contributed by atoms with van der Waals surface area (Å²) in [6.07, 6.45) is 0. The number of nitrogens with one attached hydrogen (secondary N) is 1. The molecule has 0 aliphatic carbocycles. The Labute approximate surface area is 138 Å². The minimum Gasteiger partial charge on any atom is -0.337 e. The molecule has 1 aliphatic rings. The van der Waals surface area contributed by atoms with Gasteiger partial charge >= 0.3 is 0 Å². The van der Waals surface area contributed by atoms with Gasteiger partial charge in [-0.25, -0.2) is 0 Å². The van der Waals surface area contributed by atoms with Gasteiger partial charge in [0.1, 0.15) is 0 Å². The highest BCUT2D eigenvalue weighted by Gasteiger charge is 2.27. The summed E-state index contributed by atoms with van der Waals surface area (Å²) in [5.41, 5.74) is 1.10. The third-order valence-electron chi connectivity index (χ3n) is 4.43. The Morgan fingerprint density at radius 3 is 2.68 bits per heavy atom. The Kier molecular flexibility index (Phi) is 5.43. The van der Waals surface area contributed by atoms with Gasteiger partial charge in [0.05, 0.1) is 5.92 Å².